The summed E-state index contributed by atoms with van der Waals surface area (Å²) in [5.74, 6) is -0.555. The van der Waals surface area contributed by atoms with E-state index in [0.717, 1.165) is 38.2 Å². The fourth-order valence-corrected chi connectivity index (χ4v) is 4.21. The largest absolute Gasteiger partial charge is 0.490 e. The van der Waals surface area contributed by atoms with Gasteiger partial charge in [0.1, 0.15) is 18.1 Å². The molecule has 4 rings (SSSR count). The Kier molecular flexibility index (Phi) is 8.30. The van der Waals surface area contributed by atoms with Gasteiger partial charge >= 0.3 is 12.1 Å². The predicted molar refractivity (Wildman–Crippen MR) is 108 cm³/mol. The van der Waals surface area contributed by atoms with E-state index in [4.69, 9.17) is 19.4 Å². The summed E-state index contributed by atoms with van der Waals surface area (Å²) in [4.78, 5) is 11.3. The number of likely N-dealkylation sites (tertiary alicyclic amines) is 1. The fraction of sp³-hybridized carbons (Fsp3) is 0.667. The number of piperidine rings is 1. The Balaban J connectivity index is 0.000000360. The third-order valence-electron chi connectivity index (χ3n) is 5.98. The topological polar surface area (TPSA) is 105 Å². The zero-order valence-electron chi connectivity index (χ0n) is 17.8. The zero-order chi connectivity index (χ0) is 23.1. The number of aromatic nitrogens is 3. The highest BCUT2D eigenvalue weighted by Crippen LogP contribution is 2.32. The number of rotatable bonds is 5. The van der Waals surface area contributed by atoms with Gasteiger partial charge in [0.25, 0.3) is 0 Å². The first-order valence-electron chi connectivity index (χ1n) is 10.9. The summed E-state index contributed by atoms with van der Waals surface area (Å²) < 4.78 is 39.4. The lowest BCUT2D eigenvalue weighted by Crippen LogP contribution is -2.34. The quantitative estimate of drug-likeness (QED) is 0.701. The van der Waals surface area contributed by atoms with Gasteiger partial charge in [-0.1, -0.05) is 24.5 Å². The lowest BCUT2D eigenvalue weighted by atomic mass is 9.87. The zero-order valence-corrected chi connectivity index (χ0v) is 17.8. The maximum absolute atomic E-state index is 10.6. The minimum atomic E-state index is -5.08. The van der Waals surface area contributed by atoms with Gasteiger partial charge in [0, 0.05) is 25.2 Å². The number of carbonyl (C=O) groups is 1. The van der Waals surface area contributed by atoms with Crippen molar-refractivity contribution in [2.75, 3.05) is 13.1 Å². The summed E-state index contributed by atoms with van der Waals surface area (Å²) in [5, 5.41) is 25.1. The maximum Gasteiger partial charge on any atom is 0.490 e. The van der Waals surface area contributed by atoms with Crippen LogP contribution in [0.25, 0.3) is 0 Å². The van der Waals surface area contributed by atoms with E-state index in [1.165, 1.54) is 37.8 Å². The molecule has 2 aromatic rings. The summed E-state index contributed by atoms with van der Waals surface area (Å²) >= 11 is 0. The Morgan fingerprint density at radius 3 is 2.28 bits per heavy atom. The lowest BCUT2D eigenvalue weighted by molar-refractivity contribution is -0.192. The molecular weight excluding hydrogens is 429 g/mol. The van der Waals surface area contributed by atoms with E-state index >= 15 is 0 Å². The average molecular weight is 458 g/mol. The predicted octanol–water partition coefficient (Wildman–Crippen LogP) is 3.88. The van der Waals surface area contributed by atoms with E-state index in [1.807, 2.05) is 12.1 Å². The van der Waals surface area contributed by atoms with Crippen LogP contribution in [0.2, 0.25) is 0 Å². The SMILES string of the molecule is O=C(O)C(F)(F)F.OCc1ccc(CN2CCC(n3cc(C4CCCCC4)nn3)CC2)o1. The van der Waals surface area contributed by atoms with Crippen LogP contribution in [0.3, 0.4) is 0 Å². The van der Waals surface area contributed by atoms with Crippen LogP contribution in [0.1, 0.15) is 74.1 Å². The van der Waals surface area contributed by atoms with Gasteiger partial charge in [-0.3, -0.25) is 4.90 Å². The standard InChI is InChI=1S/C19H28N4O2.C2HF3O2/c24-14-18-7-6-17(25-18)12-22-10-8-16(9-11-22)23-13-19(20-21-23)15-4-2-1-3-5-15;3-2(4,5)1(6)7/h6-7,13,15-16,24H,1-5,8-12,14H2;(H,6,7). The highest BCUT2D eigenvalue weighted by molar-refractivity contribution is 5.73. The Labute approximate surface area is 184 Å². The molecule has 0 atom stereocenters. The van der Waals surface area contributed by atoms with Crippen LogP contribution in [-0.4, -0.2) is 55.3 Å². The van der Waals surface area contributed by atoms with E-state index in [-0.39, 0.29) is 6.61 Å². The van der Waals surface area contributed by atoms with Crippen LogP contribution in [0.4, 0.5) is 13.2 Å². The van der Waals surface area contributed by atoms with Gasteiger partial charge in [-0.05, 0) is 37.8 Å². The van der Waals surface area contributed by atoms with Crippen molar-refractivity contribution in [3.8, 4) is 0 Å². The van der Waals surface area contributed by atoms with Crippen LogP contribution in [0.15, 0.2) is 22.7 Å². The van der Waals surface area contributed by atoms with Crippen LogP contribution in [-0.2, 0) is 17.9 Å². The third kappa shape index (κ3) is 6.80. The fourth-order valence-electron chi connectivity index (χ4n) is 4.21. The van der Waals surface area contributed by atoms with E-state index in [9.17, 15) is 13.2 Å². The second kappa shape index (κ2) is 11.0. The molecule has 0 spiro atoms. The minimum absolute atomic E-state index is 0.0301. The molecule has 1 saturated carbocycles. The summed E-state index contributed by atoms with van der Waals surface area (Å²) in [6, 6.07) is 4.28. The second-order valence-corrected chi connectivity index (χ2v) is 8.29. The van der Waals surface area contributed by atoms with Gasteiger partial charge < -0.3 is 14.6 Å². The summed E-state index contributed by atoms with van der Waals surface area (Å²) in [7, 11) is 0. The Hall–Kier alpha value is -2.40. The van der Waals surface area contributed by atoms with E-state index in [2.05, 4.69) is 26.1 Å². The highest BCUT2D eigenvalue weighted by Gasteiger charge is 2.38. The molecule has 2 fully saturated rings. The molecule has 32 heavy (non-hydrogen) atoms. The van der Waals surface area contributed by atoms with Gasteiger partial charge in [-0.15, -0.1) is 5.10 Å². The van der Waals surface area contributed by atoms with Crippen molar-refractivity contribution in [1.82, 2.24) is 19.9 Å². The number of carboxylic acid groups (broad SMARTS) is 1. The van der Waals surface area contributed by atoms with E-state index < -0.39 is 12.1 Å². The molecule has 2 aromatic heterocycles. The summed E-state index contributed by atoms with van der Waals surface area (Å²) in [6.07, 6.45) is 5.91. The molecule has 0 aromatic carbocycles. The van der Waals surface area contributed by atoms with Gasteiger partial charge in [0.2, 0.25) is 0 Å². The number of alkyl halides is 3. The summed E-state index contributed by atoms with van der Waals surface area (Å²) in [5.41, 5.74) is 1.20. The number of carboxylic acids is 1. The maximum atomic E-state index is 10.6. The molecule has 0 amide bonds. The molecule has 0 radical (unpaired) electrons. The smallest absolute Gasteiger partial charge is 0.475 e. The number of nitrogens with zero attached hydrogens (tertiary/aromatic N) is 4. The molecule has 1 saturated heterocycles. The second-order valence-electron chi connectivity index (χ2n) is 8.29. The molecule has 11 heteroatoms. The van der Waals surface area contributed by atoms with Crippen LogP contribution in [0, 0.1) is 0 Å². The molecule has 178 valence electrons. The molecule has 8 nitrogen and oxygen atoms in total. The number of aliphatic hydroxyl groups is 1. The Bertz CT molecular complexity index is 853. The molecule has 2 N–H and O–H groups in total. The van der Waals surface area contributed by atoms with E-state index in [0.29, 0.717) is 17.7 Å². The number of hydrogen-bond acceptors (Lipinski definition) is 6. The highest BCUT2D eigenvalue weighted by atomic mass is 19.4. The van der Waals surface area contributed by atoms with Crippen molar-refractivity contribution >= 4 is 5.97 Å². The molecule has 1 aliphatic heterocycles. The molecule has 0 unspecified atom stereocenters. The first-order valence-corrected chi connectivity index (χ1v) is 10.9. The lowest BCUT2D eigenvalue weighted by Gasteiger charge is -2.31. The number of hydrogen-bond donors (Lipinski definition) is 2. The molecule has 2 aliphatic rings. The van der Waals surface area contributed by atoms with Gasteiger partial charge in [-0.2, -0.15) is 13.2 Å². The van der Waals surface area contributed by atoms with Crippen molar-refractivity contribution < 1.29 is 32.6 Å². The Morgan fingerprint density at radius 2 is 1.72 bits per heavy atom. The first-order chi connectivity index (χ1) is 15.3. The first kappa shape index (κ1) is 24.2. The van der Waals surface area contributed by atoms with Crippen LogP contribution >= 0.6 is 0 Å². The van der Waals surface area contributed by atoms with Crippen molar-refractivity contribution in [2.24, 2.45) is 0 Å². The number of aliphatic carboxylic acids is 1. The van der Waals surface area contributed by atoms with E-state index in [1.54, 1.807) is 0 Å². The Morgan fingerprint density at radius 1 is 1.09 bits per heavy atom. The minimum Gasteiger partial charge on any atom is -0.475 e. The van der Waals surface area contributed by atoms with Crippen molar-refractivity contribution in [3.63, 3.8) is 0 Å². The summed E-state index contributed by atoms with van der Waals surface area (Å²) in [6.45, 7) is 2.87. The number of furan rings is 1. The molecule has 3 heterocycles. The van der Waals surface area contributed by atoms with Gasteiger partial charge in [0.15, 0.2) is 0 Å². The monoisotopic (exact) mass is 458 g/mol. The van der Waals surface area contributed by atoms with Gasteiger partial charge in [-0.25, -0.2) is 9.48 Å². The average Bonchev–Trinajstić information content (AvgIpc) is 3.44. The molecular formula is C21H29F3N4O4. The number of aliphatic hydroxyl groups excluding tert-OH is 1. The van der Waals surface area contributed by atoms with Crippen molar-refractivity contribution in [2.45, 2.75) is 76.2 Å². The van der Waals surface area contributed by atoms with Crippen molar-refractivity contribution in [1.29, 1.82) is 0 Å². The normalized spacial score (nSPS) is 18.9. The van der Waals surface area contributed by atoms with Gasteiger partial charge in [0.05, 0.1) is 18.3 Å². The van der Waals surface area contributed by atoms with Crippen LogP contribution in [0.5, 0.6) is 0 Å². The van der Waals surface area contributed by atoms with Crippen LogP contribution < -0.4 is 0 Å². The van der Waals surface area contributed by atoms with Crippen molar-refractivity contribution in [3.05, 3.63) is 35.5 Å². The number of halogens is 3. The third-order valence-corrected chi connectivity index (χ3v) is 5.98. The molecule has 1 aliphatic carbocycles. The molecule has 0 bridgehead atoms.